The van der Waals surface area contributed by atoms with Crippen LogP contribution in [-0.4, -0.2) is 38.2 Å². The van der Waals surface area contributed by atoms with Crippen molar-refractivity contribution in [2.24, 2.45) is 0 Å². The summed E-state index contributed by atoms with van der Waals surface area (Å²) in [5, 5.41) is 1.01. The number of fused-ring (bicyclic) bond motifs is 2. The lowest BCUT2D eigenvalue weighted by atomic mass is 10.1. The zero-order valence-corrected chi connectivity index (χ0v) is 15.5. The minimum Gasteiger partial charge on any atom is -0.493 e. The number of nitrogens with zero attached hydrogens (tertiary/aromatic N) is 1. The average Bonchev–Trinajstić information content (AvgIpc) is 3.15. The molecule has 3 aromatic rings. The lowest BCUT2D eigenvalue weighted by Gasteiger charge is -2.25. The Morgan fingerprint density at radius 2 is 1.93 bits per heavy atom. The van der Waals surface area contributed by atoms with Gasteiger partial charge >= 0.3 is 0 Å². The number of methoxy groups -OCH3 is 1. The highest BCUT2D eigenvalue weighted by molar-refractivity contribution is 5.96. The van der Waals surface area contributed by atoms with E-state index < -0.39 is 0 Å². The van der Waals surface area contributed by atoms with Crippen molar-refractivity contribution in [1.82, 2.24) is 4.90 Å². The maximum absolute atomic E-state index is 13.1. The maximum atomic E-state index is 13.1. The van der Waals surface area contributed by atoms with Crippen molar-refractivity contribution in [2.45, 2.75) is 13.0 Å². The molecule has 6 nitrogen and oxygen atoms in total. The standard InChI is InChI=1S/C21H21NO5/c1-13(17-10-14-6-4-5-7-16(14)27-17)22(2)21(23)15-11-18(24-3)20-19(12-15)25-8-9-26-20/h4-7,10-13H,8-9H2,1-3H3. The summed E-state index contributed by atoms with van der Waals surface area (Å²) in [5.74, 6) is 2.12. The van der Waals surface area contributed by atoms with E-state index in [4.69, 9.17) is 18.6 Å². The van der Waals surface area contributed by atoms with E-state index >= 15 is 0 Å². The van der Waals surface area contributed by atoms with Crippen molar-refractivity contribution in [1.29, 1.82) is 0 Å². The van der Waals surface area contributed by atoms with Crippen molar-refractivity contribution in [3.63, 3.8) is 0 Å². The highest BCUT2D eigenvalue weighted by Gasteiger charge is 2.26. The molecule has 0 saturated carbocycles. The SMILES string of the molecule is COc1cc(C(=O)N(C)C(C)c2cc3ccccc3o2)cc2c1OCCO2. The third-order valence-electron chi connectivity index (χ3n) is 4.83. The van der Waals surface area contributed by atoms with E-state index in [1.54, 1.807) is 31.2 Å². The molecule has 1 amide bonds. The Morgan fingerprint density at radius 3 is 2.70 bits per heavy atom. The quantitative estimate of drug-likeness (QED) is 0.696. The second-order valence-electron chi connectivity index (χ2n) is 6.48. The summed E-state index contributed by atoms with van der Waals surface area (Å²) in [6.45, 7) is 2.84. The molecule has 0 fully saturated rings. The number of carbonyl (C=O) groups excluding carboxylic acids is 1. The fraction of sp³-hybridized carbons (Fsp3) is 0.286. The van der Waals surface area contributed by atoms with Crippen LogP contribution in [0.15, 0.2) is 46.9 Å². The molecule has 0 bridgehead atoms. The van der Waals surface area contributed by atoms with Crippen LogP contribution < -0.4 is 14.2 Å². The molecule has 0 radical (unpaired) electrons. The summed E-state index contributed by atoms with van der Waals surface area (Å²) in [7, 11) is 3.30. The molecule has 0 saturated heterocycles. The number of hydrogen-bond donors (Lipinski definition) is 0. The monoisotopic (exact) mass is 367 g/mol. The van der Waals surface area contributed by atoms with Gasteiger partial charge in [-0.15, -0.1) is 0 Å². The molecule has 1 aliphatic rings. The normalized spacial score (nSPS) is 14.0. The Hall–Kier alpha value is -3.15. The number of hydrogen-bond acceptors (Lipinski definition) is 5. The van der Waals surface area contributed by atoms with Gasteiger partial charge in [-0.1, -0.05) is 18.2 Å². The Kier molecular flexibility index (Phi) is 4.39. The largest absolute Gasteiger partial charge is 0.493 e. The minimum atomic E-state index is -0.232. The van der Waals surface area contributed by atoms with E-state index in [1.165, 1.54) is 0 Å². The Morgan fingerprint density at radius 1 is 1.15 bits per heavy atom. The molecular formula is C21H21NO5. The number of carbonyl (C=O) groups is 1. The maximum Gasteiger partial charge on any atom is 0.254 e. The topological polar surface area (TPSA) is 61.1 Å². The highest BCUT2D eigenvalue weighted by Crippen LogP contribution is 2.41. The Balaban J connectivity index is 1.63. The first-order valence-electron chi connectivity index (χ1n) is 8.81. The molecule has 1 unspecified atom stereocenters. The van der Waals surface area contributed by atoms with Crippen molar-refractivity contribution >= 4 is 16.9 Å². The molecule has 1 aromatic heterocycles. The second kappa shape index (κ2) is 6.87. The number of ether oxygens (including phenoxy) is 3. The zero-order valence-electron chi connectivity index (χ0n) is 15.5. The fourth-order valence-corrected chi connectivity index (χ4v) is 3.18. The van der Waals surface area contributed by atoms with E-state index in [1.807, 2.05) is 37.3 Å². The van der Waals surface area contributed by atoms with Crippen molar-refractivity contribution in [2.75, 3.05) is 27.4 Å². The van der Waals surface area contributed by atoms with Gasteiger partial charge in [-0.2, -0.15) is 0 Å². The van der Waals surface area contributed by atoms with E-state index in [0.29, 0.717) is 36.0 Å². The predicted octanol–water partition coefficient (Wildman–Crippen LogP) is 4.05. The van der Waals surface area contributed by atoms with Gasteiger partial charge in [-0.3, -0.25) is 4.79 Å². The van der Waals surface area contributed by atoms with Gasteiger partial charge in [0.15, 0.2) is 11.5 Å². The zero-order chi connectivity index (χ0) is 19.0. The summed E-state index contributed by atoms with van der Waals surface area (Å²) in [6, 6.07) is 12.9. The Bertz CT molecular complexity index is 943. The molecule has 0 spiro atoms. The van der Waals surface area contributed by atoms with E-state index in [0.717, 1.165) is 16.7 Å². The smallest absolute Gasteiger partial charge is 0.254 e. The first kappa shape index (κ1) is 17.3. The lowest BCUT2D eigenvalue weighted by Crippen LogP contribution is -2.29. The number of benzene rings is 2. The molecule has 140 valence electrons. The van der Waals surface area contributed by atoms with Crippen LogP contribution in [-0.2, 0) is 0 Å². The van der Waals surface area contributed by atoms with E-state index in [-0.39, 0.29) is 11.9 Å². The molecule has 6 heteroatoms. The molecule has 27 heavy (non-hydrogen) atoms. The molecule has 0 aliphatic carbocycles. The van der Waals surface area contributed by atoms with Gasteiger partial charge in [0.25, 0.3) is 5.91 Å². The summed E-state index contributed by atoms with van der Waals surface area (Å²) >= 11 is 0. The van der Waals surface area contributed by atoms with Crippen LogP contribution >= 0.6 is 0 Å². The number of rotatable bonds is 4. The molecule has 1 atom stereocenters. The molecule has 0 N–H and O–H groups in total. The second-order valence-corrected chi connectivity index (χ2v) is 6.48. The summed E-state index contributed by atoms with van der Waals surface area (Å²) in [6.07, 6.45) is 0. The van der Waals surface area contributed by atoms with Crippen LogP contribution in [0.2, 0.25) is 0 Å². The van der Waals surface area contributed by atoms with E-state index in [2.05, 4.69) is 0 Å². The van der Waals surface area contributed by atoms with Crippen molar-refractivity contribution < 1.29 is 23.4 Å². The molecule has 4 rings (SSSR count). The van der Waals surface area contributed by atoms with Crippen LogP contribution in [0.1, 0.15) is 29.1 Å². The van der Waals surface area contributed by atoms with E-state index in [9.17, 15) is 4.79 Å². The minimum absolute atomic E-state index is 0.154. The molecule has 1 aliphatic heterocycles. The highest BCUT2D eigenvalue weighted by atomic mass is 16.6. The van der Waals surface area contributed by atoms with Gasteiger partial charge in [0, 0.05) is 18.0 Å². The summed E-state index contributed by atoms with van der Waals surface area (Å²) < 4.78 is 22.5. The first-order valence-corrected chi connectivity index (χ1v) is 8.81. The van der Waals surface area contributed by atoms with Crippen molar-refractivity contribution in [3.8, 4) is 17.2 Å². The van der Waals surface area contributed by atoms with Gasteiger partial charge in [0.1, 0.15) is 24.6 Å². The van der Waals surface area contributed by atoms with Gasteiger partial charge in [-0.05, 0) is 31.2 Å². The number of amides is 1. The lowest BCUT2D eigenvalue weighted by molar-refractivity contribution is 0.0725. The van der Waals surface area contributed by atoms with Crippen LogP contribution in [0.5, 0.6) is 17.2 Å². The third kappa shape index (κ3) is 3.07. The van der Waals surface area contributed by atoms with Crippen LogP contribution in [0.3, 0.4) is 0 Å². The van der Waals surface area contributed by atoms with Gasteiger partial charge in [-0.25, -0.2) is 0 Å². The summed E-state index contributed by atoms with van der Waals surface area (Å²) in [4.78, 5) is 14.7. The van der Waals surface area contributed by atoms with Crippen LogP contribution in [0, 0.1) is 0 Å². The molecular weight excluding hydrogens is 346 g/mol. The first-order chi connectivity index (χ1) is 13.1. The molecule has 2 heterocycles. The van der Waals surface area contributed by atoms with Gasteiger partial charge in [0.2, 0.25) is 5.75 Å². The van der Waals surface area contributed by atoms with Crippen LogP contribution in [0.25, 0.3) is 11.0 Å². The number of furan rings is 1. The molecule has 2 aromatic carbocycles. The van der Waals surface area contributed by atoms with Crippen LogP contribution in [0.4, 0.5) is 0 Å². The fourth-order valence-electron chi connectivity index (χ4n) is 3.18. The predicted molar refractivity (Wildman–Crippen MR) is 101 cm³/mol. The van der Waals surface area contributed by atoms with Crippen molar-refractivity contribution in [3.05, 3.63) is 53.8 Å². The summed E-state index contributed by atoms with van der Waals surface area (Å²) in [5.41, 5.74) is 1.28. The van der Waals surface area contributed by atoms with Gasteiger partial charge in [0.05, 0.1) is 13.2 Å². The van der Waals surface area contributed by atoms with Gasteiger partial charge < -0.3 is 23.5 Å². The third-order valence-corrected chi connectivity index (χ3v) is 4.83. The average molecular weight is 367 g/mol. The Labute approximate surface area is 157 Å². The number of para-hydroxylation sites is 1.